The van der Waals surface area contributed by atoms with E-state index >= 15 is 0 Å². The van der Waals surface area contributed by atoms with Crippen LogP contribution in [0.2, 0.25) is 0 Å². The van der Waals surface area contributed by atoms with Gasteiger partial charge in [-0.1, -0.05) is 0 Å². The summed E-state index contributed by atoms with van der Waals surface area (Å²) in [6.07, 6.45) is 1.70. The largest absolute Gasteiger partial charge is 0.394 e. The van der Waals surface area contributed by atoms with Crippen LogP contribution in [-0.4, -0.2) is 45.7 Å². The van der Waals surface area contributed by atoms with Gasteiger partial charge in [-0.2, -0.15) is 4.98 Å². The van der Waals surface area contributed by atoms with Crippen molar-refractivity contribution in [3.05, 3.63) is 15.8 Å². The minimum Gasteiger partial charge on any atom is -0.394 e. The Bertz CT molecular complexity index is 508. The van der Waals surface area contributed by atoms with E-state index in [2.05, 4.69) is 15.3 Å². The molecule has 0 spiro atoms. The predicted octanol–water partition coefficient (Wildman–Crippen LogP) is 1.09. The number of hydrogen-bond donors (Lipinski definition) is 2. The summed E-state index contributed by atoms with van der Waals surface area (Å²) in [6, 6.07) is -0.113. The van der Waals surface area contributed by atoms with Crippen LogP contribution in [0.15, 0.2) is 0 Å². The van der Waals surface area contributed by atoms with Crippen molar-refractivity contribution in [1.29, 1.82) is 0 Å². The molecular weight excluding hydrogens is 262 g/mol. The van der Waals surface area contributed by atoms with Gasteiger partial charge in [0.2, 0.25) is 11.8 Å². The third-order valence-corrected chi connectivity index (χ3v) is 3.42. The summed E-state index contributed by atoms with van der Waals surface area (Å²) in [7, 11) is 0. The molecule has 2 heterocycles. The Kier molecular flexibility index (Phi) is 4.33. The molecule has 0 saturated carbocycles. The van der Waals surface area contributed by atoms with Crippen LogP contribution in [0.5, 0.6) is 0 Å². The van der Waals surface area contributed by atoms with Crippen LogP contribution in [0.4, 0.5) is 17.5 Å². The number of rotatable bonds is 5. The molecule has 1 saturated heterocycles. The van der Waals surface area contributed by atoms with Crippen molar-refractivity contribution >= 4 is 17.5 Å². The van der Waals surface area contributed by atoms with E-state index in [9.17, 15) is 15.2 Å². The molecule has 1 aromatic rings. The van der Waals surface area contributed by atoms with Gasteiger partial charge >= 0.3 is 5.69 Å². The number of aliphatic hydroxyl groups excluding tert-OH is 1. The molecule has 1 aromatic heterocycles. The highest BCUT2D eigenvalue weighted by Gasteiger charge is 2.33. The van der Waals surface area contributed by atoms with Crippen LogP contribution in [0, 0.1) is 17.0 Å². The van der Waals surface area contributed by atoms with Gasteiger partial charge in [-0.3, -0.25) is 10.1 Å². The molecule has 20 heavy (non-hydrogen) atoms. The second-order valence-corrected chi connectivity index (χ2v) is 4.76. The monoisotopic (exact) mass is 281 g/mol. The summed E-state index contributed by atoms with van der Waals surface area (Å²) in [5, 5.41) is 23.7. The van der Waals surface area contributed by atoms with Crippen molar-refractivity contribution in [2.45, 2.75) is 32.7 Å². The second-order valence-electron chi connectivity index (χ2n) is 4.76. The third kappa shape index (κ3) is 2.64. The van der Waals surface area contributed by atoms with Gasteiger partial charge in [-0.05, 0) is 26.7 Å². The summed E-state index contributed by atoms with van der Waals surface area (Å²) in [5.41, 5.74) is 0.256. The lowest BCUT2D eigenvalue weighted by Gasteiger charge is -2.24. The Morgan fingerprint density at radius 3 is 2.90 bits per heavy atom. The number of aryl methyl sites for hydroxylation is 1. The minimum atomic E-state index is -0.451. The Morgan fingerprint density at radius 1 is 1.55 bits per heavy atom. The van der Waals surface area contributed by atoms with Gasteiger partial charge in [0.15, 0.2) is 0 Å². The lowest BCUT2D eigenvalue weighted by molar-refractivity contribution is -0.385. The number of anilines is 2. The normalized spacial score (nSPS) is 18.4. The predicted molar refractivity (Wildman–Crippen MR) is 75.0 cm³/mol. The number of aromatic nitrogens is 2. The van der Waals surface area contributed by atoms with Crippen molar-refractivity contribution in [2.75, 3.05) is 29.9 Å². The van der Waals surface area contributed by atoms with E-state index in [1.165, 1.54) is 0 Å². The molecule has 8 nitrogen and oxygen atoms in total. The third-order valence-electron chi connectivity index (χ3n) is 3.42. The lowest BCUT2D eigenvalue weighted by atomic mass is 10.2. The molecule has 2 N–H and O–H groups in total. The summed E-state index contributed by atoms with van der Waals surface area (Å²) in [5.74, 6) is 0.684. The lowest BCUT2D eigenvalue weighted by Crippen LogP contribution is -2.33. The maximum Gasteiger partial charge on any atom is 0.332 e. The molecule has 0 bridgehead atoms. The first-order chi connectivity index (χ1) is 9.58. The van der Waals surface area contributed by atoms with Gasteiger partial charge in [-0.25, -0.2) is 4.98 Å². The molecule has 110 valence electrons. The van der Waals surface area contributed by atoms with E-state index in [0.29, 0.717) is 30.5 Å². The summed E-state index contributed by atoms with van der Waals surface area (Å²) in [6.45, 7) is 4.78. The number of nitrogens with zero attached hydrogens (tertiary/aromatic N) is 4. The molecule has 0 aromatic carbocycles. The quantitative estimate of drug-likeness (QED) is 0.614. The van der Waals surface area contributed by atoms with Gasteiger partial charge in [-0.15, -0.1) is 0 Å². The zero-order valence-corrected chi connectivity index (χ0v) is 11.7. The molecule has 0 amide bonds. The summed E-state index contributed by atoms with van der Waals surface area (Å²) < 4.78 is 0. The average molecular weight is 281 g/mol. The Balaban J connectivity index is 2.49. The fraction of sp³-hybridized carbons (Fsp3) is 0.667. The van der Waals surface area contributed by atoms with Crippen LogP contribution in [0.25, 0.3) is 0 Å². The first-order valence-electron chi connectivity index (χ1n) is 6.72. The Hall–Kier alpha value is -1.96. The first-order valence-corrected chi connectivity index (χ1v) is 6.72. The standard InChI is InChI=1S/C12H19N5O3/c1-3-13-12-14-8(2)10(17(19)20)11(15-12)16-6-4-5-9(16)7-18/h9,18H,3-7H2,1-2H3,(H,13,14,15). The molecule has 1 atom stereocenters. The van der Waals surface area contributed by atoms with E-state index in [-0.39, 0.29) is 18.3 Å². The molecular formula is C12H19N5O3. The molecule has 1 aliphatic heterocycles. The maximum atomic E-state index is 11.3. The number of nitro groups is 1. The van der Waals surface area contributed by atoms with E-state index in [1.807, 2.05) is 11.8 Å². The highest BCUT2D eigenvalue weighted by atomic mass is 16.6. The minimum absolute atomic E-state index is 0.0310. The van der Waals surface area contributed by atoms with Crippen LogP contribution in [-0.2, 0) is 0 Å². The SMILES string of the molecule is CCNc1nc(C)c([N+](=O)[O-])c(N2CCCC2CO)n1. The topological polar surface area (TPSA) is 104 Å². The van der Waals surface area contributed by atoms with Gasteiger partial charge in [0.05, 0.1) is 17.6 Å². The highest BCUT2D eigenvalue weighted by molar-refractivity contribution is 5.63. The van der Waals surface area contributed by atoms with Crippen LogP contribution >= 0.6 is 0 Å². The van der Waals surface area contributed by atoms with Gasteiger partial charge < -0.3 is 15.3 Å². The molecule has 0 radical (unpaired) electrons. The molecule has 1 unspecified atom stereocenters. The number of hydrogen-bond acceptors (Lipinski definition) is 7. The molecule has 1 fully saturated rings. The van der Waals surface area contributed by atoms with Gasteiger partial charge in [0.25, 0.3) is 0 Å². The van der Waals surface area contributed by atoms with E-state index < -0.39 is 4.92 Å². The highest BCUT2D eigenvalue weighted by Crippen LogP contribution is 2.34. The van der Waals surface area contributed by atoms with Gasteiger partial charge in [0.1, 0.15) is 5.69 Å². The van der Waals surface area contributed by atoms with Crippen LogP contribution in [0.1, 0.15) is 25.5 Å². The Labute approximate surface area is 117 Å². The maximum absolute atomic E-state index is 11.3. The van der Waals surface area contributed by atoms with Crippen molar-refractivity contribution in [3.63, 3.8) is 0 Å². The molecule has 0 aliphatic carbocycles. The summed E-state index contributed by atoms with van der Waals surface area (Å²) >= 11 is 0. The van der Waals surface area contributed by atoms with Crippen LogP contribution in [0.3, 0.4) is 0 Å². The number of aliphatic hydroxyl groups is 1. The van der Waals surface area contributed by atoms with Crippen molar-refractivity contribution in [1.82, 2.24) is 9.97 Å². The van der Waals surface area contributed by atoms with Crippen LogP contribution < -0.4 is 10.2 Å². The van der Waals surface area contributed by atoms with Crippen molar-refractivity contribution in [3.8, 4) is 0 Å². The average Bonchev–Trinajstić information content (AvgIpc) is 2.85. The van der Waals surface area contributed by atoms with E-state index in [0.717, 1.165) is 12.8 Å². The fourth-order valence-electron chi connectivity index (χ4n) is 2.51. The van der Waals surface area contributed by atoms with E-state index in [4.69, 9.17) is 0 Å². The zero-order valence-electron chi connectivity index (χ0n) is 11.7. The fourth-order valence-corrected chi connectivity index (χ4v) is 2.51. The second kappa shape index (κ2) is 6.00. The summed E-state index contributed by atoms with van der Waals surface area (Å²) in [4.78, 5) is 21.0. The van der Waals surface area contributed by atoms with Crippen molar-refractivity contribution in [2.24, 2.45) is 0 Å². The van der Waals surface area contributed by atoms with Crippen molar-refractivity contribution < 1.29 is 10.0 Å². The van der Waals surface area contributed by atoms with E-state index in [1.54, 1.807) is 6.92 Å². The molecule has 1 aliphatic rings. The smallest absolute Gasteiger partial charge is 0.332 e. The molecule has 8 heteroatoms. The first kappa shape index (κ1) is 14.4. The number of nitrogens with one attached hydrogen (secondary N) is 1. The van der Waals surface area contributed by atoms with Gasteiger partial charge in [0, 0.05) is 13.1 Å². The Morgan fingerprint density at radius 2 is 2.30 bits per heavy atom. The molecule has 2 rings (SSSR count). The zero-order chi connectivity index (χ0) is 14.7.